The summed E-state index contributed by atoms with van der Waals surface area (Å²) in [6.45, 7) is 34.1. The number of nitrogens with one attached hydrogen (secondary N) is 2. The lowest BCUT2D eigenvalue weighted by Gasteiger charge is -2.26. The summed E-state index contributed by atoms with van der Waals surface area (Å²) in [6, 6.07) is 35.4. The zero-order valence-electron chi connectivity index (χ0n) is 43.4. The lowest BCUT2D eigenvalue weighted by Crippen LogP contribution is -2.16. The van der Waals surface area contributed by atoms with Gasteiger partial charge in [0.05, 0.1) is 22.8 Å². The number of aldehydes is 1. The van der Waals surface area contributed by atoms with E-state index < -0.39 is 0 Å². The minimum Gasteiger partial charge on any atom is -0.354 e. The molecule has 0 spiro atoms. The molecule has 5 nitrogen and oxygen atoms in total. The molecule has 0 fully saturated rings. The minimum atomic E-state index is -0.0960. The zero-order chi connectivity index (χ0) is 49.5. The second kappa shape index (κ2) is 17.0. The number of carbonyl (C=O) groups is 1. The molecule has 0 saturated carbocycles. The molecule has 3 aromatic heterocycles. The number of fused-ring (bicyclic) bond motifs is 8. The summed E-state index contributed by atoms with van der Waals surface area (Å²) >= 11 is 0. The molecule has 4 aromatic carbocycles. The number of rotatable bonds is 5. The first-order valence-corrected chi connectivity index (χ1v) is 24.5. The Balaban J connectivity index is 1.51. The van der Waals surface area contributed by atoms with E-state index in [0.29, 0.717) is 5.56 Å². The van der Waals surface area contributed by atoms with Crippen molar-refractivity contribution >= 4 is 52.7 Å². The Morgan fingerprint density at radius 2 is 0.696 bits per heavy atom. The number of benzene rings is 4. The van der Waals surface area contributed by atoms with Crippen LogP contribution in [0.25, 0.3) is 90.9 Å². The Bertz CT molecular complexity index is 3290. The summed E-state index contributed by atoms with van der Waals surface area (Å²) in [5, 5.41) is 0. The second-order valence-electron chi connectivity index (χ2n) is 23.6. The third-order valence-corrected chi connectivity index (χ3v) is 13.9. The smallest absolute Gasteiger partial charge is 0.150 e. The first-order valence-electron chi connectivity index (χ1n) is 24.5. The molecule has 5 heteroatoms. The number of aromatic nitrogens is 4. The molecule has 350 valence electrons. The second-order valence-corrected chi connectivity index (χ2v) is 23.6. The summed E-state index contributed by atoms with van der Waals surface area (Å²) in [4.78, 5) is 31.2. The number of carbonyl (C=O) groups excluding carboxylic acids is 1. The first kappa shape index (κ1) is 47.2. The number of hydrogen-bond acceptors (Lipinski definition) is 3. The molecule has 5 heterocycles. The van der Waals surface area contributed by atoms with Crippen molar-refractivity contribution in [1.82, 2.24) is 19.9 Å². The van der Waals surface area contributed by atoms with Crippen molar-refractivity contribution in [3.63, 3.8) is 0 Å². The fourth-order valence-corrected chi connectivity index (χ4v) is 9.96. The molecule has 0 saturated heterocycles. The molecule has 7 aromatic rings. The van der Waals surface area contributed by atoms with E-state index in [-0.39, 0.29) is 21.7 Å². The van der Waals surface area contributed by atoms with Gasteiger partial charge in [0.2, 0.25) is 0 Å². The molecule has 0 unspecified atom stereocenters. The lowest BCUT2D eigenvalue weighted by molar-refractivity contribution is 0.112. The molecule has 0 atom stereocenters. The zero-order valence-corrected chi connectivity index (χ0v) is 43.4. The molecule has 0 radical (unpaired) electrons. The maximum atomic E-state index is 12.0. The van der Waals surface area contributed by atoms with Crippen LogP contribution in [-0.4, -0.2) is 26.2 Å². The van der Waals surface area contributed by atoms with Gasteiger partial charge in [0.15, 0.2) is 0 Å². The Morgan fingerprint density at radius 1 is 0.377 bits per heavy atom. The Kier molecular flexibility index (Phi) is 11.6. The summed E-state index contributed by atoms with van der Waals surface area (Å²) in [5.41, 5.74) is 24.6. The van der Waals surface area contributed by atoms with Crippen LogP contribution in [0.3, 0.4) is 0 Å². The maximum Gasteiger partial charge on any atom is 0.150 e. The monoisotopic (exact) mass is 909 g/mol. The van der Waals surface area contributed by atoms with Gasteiger partial charge in [-0.3, -0.25) is 4.79 Å². The van der Waals surface area contributed by atoms with Crippen LogP contribution in [0.2, 0.25) is 0 Å². The highest BCUT2D eigenvalue weighted by molar-refractivity contribution is 6.01. The van der Waals surface area contributed by atoms with E-state index in [9.17, 15) is 4.79 Å². The summed E-state index contributed by atoms with van der Waals surface area (Å²) in [5.74, 6) is 0. The highest BCUT2D eigenvalue weighted by atomic mass is 16.1. The van der Waals surface area contributed by atoms with Gasteiger partial charge in [0.1, 0.15) is 6.29 Å². The molecular formula is C64H68N4O. The Labute approximate surface area is 409 Å². The predicted octanol–water partition coefficient (Wildman–Crippen LogP) is 17.3. The molecular weight excluding hydrogens is 841 g/mol. The first-order chi connectivity index (χ1) is 32.4. The van der Waals surface area contributed by atoms with Gasteiger partial charge < -0.3 is 9.97 Å². The topological polar surface area (TPSA) is 74.4 Å². The van der Waals surface area contributed by atoms with E-state index in [0.717, 1.165) is 90.1 Å². The molecule has 9 rings (SSSR count). The molecule has 2 aliphatic heterocycles. The number of nitrogens with zero attached hydrogens (tertiary/aromatic N) is 2. The van der Waals surface area contributed by atoms with Crippen molar-refractivity contribution in [2.24, 2.45) is 0 Å². The van der Waals surface area contributed by atoms with Crippen LogP contribution in [0.5, 0.6) is 0 Å². The third kappa shape index (κ3) is 9.12. The Hall–Kier alpha value is -6.85. The SMILES string of the molecule is Cc1cc(C)c(-c2c3nc(c(-c4cc(C(C)(C)C)cc(C(C)(C)C)c4)c4ccc([nH]4)c(-c4ccc(C=O)cc4)c4nc(c(-c5cc(C(C)(C)C)cc(C(C)(C)C)c5)c5ccc2[nH]5)C=C4)C=C3)c(C)c1. The lowest BCUT2D eigenvalue weighted by atomic mass is 9.78. The highest BCUT2D eigenvalue weighted by Crippen LogP contribution is 2.43. The van der Waals surface area contributed by atoms with Crippen LogP contribution >= 0.6 is 0 Å². The van der Waals surface area contributed by atoms with E-state index in [1.807, 2.05) is 24.3 Å². The normalized spacial score (nSPS) is 13.1. The fourth-order valence-electron chi connectivity index (χ4n) is 9.96. The van der Waals surface area contributed by atoms with Crippen molar-refractivity contribution in [2.45, 2.75) is 126 Å². The van der Waals surface area contributed by atoms with Crippen molar-refractivity contribution in [2.75, 3.05) is 0 Å². The molecule has 8 bridgehead atoms. The predicted molar refractivity (Wildman–Crippen MR) is 295 cm³/mol. The van der Waals surface area contributed by atoms with E-state index in [4.69, 9.17) is 9.97 Å². The standard InChI is InChI=1S/C64H68N4O/c1-37-28-38(2)56(39(3)29-37)60-54-26-24-52(67-54)58(42-30-44(61(4,5)6)34-45(31-42)62(7,8)9)50-22-20-48(65-50)57(41-18-16-40(36-69)17-19-41)49-21-23-51(66-49)59(53-25-27-55(60)68-53)43-32-46(63(10,11)12)35-47(33-43)64(13,14)15/h16-36,65,68H,1-15H3. The van der Waals surface area contributed by atoms with Crippen LogP contribution in [-0.2, 0) is 21.7 Å². The van der Waals surface area contributed by atoms with Gasteiger partial charge in [0, 0.05) is 49.9 Å². The highest BCUT2D eigenvalue weighted by Gasteiger charge is 2.26. The summed E-state index contributed by atoms with van der Waals surface area (Å²) in [6.07, 6.45) is 9.61. The van der Waals surface area contributed by atoms with Crippen molar-refractivity contribution in [3.05, 3.63) is 164 Å². The third-order valence-electron chi connectivity index (χ3n) is 13.9. The van der Waals surface area contributed by atoms with Crippen molar-refractivity contribution in [3.8, 4) is 44.5 Å². The number of hydrogen-bond donors (Lipinski definition) is 2. The van der Waals surface area contributed by atoms with Crippen LogP contribution in [0.15, 0.2) is 97.1 Å². The number of aromatic amines is 2. The average Bonchev–Trinajstić information content (AvgIpc) is 4.11. The van der Waals surface area contributed by atoms with Gasteiger partial charge in [-0.2, -0.15) is 0 Å². The number of aryl methyl sites for hydroxylation is 3. The summed E-state index contributed by atoms with van der Waals surface area (Å²) < 4.78 is 0. The van der Waals surface area contributed by atoms with Gasteiger partial charge >= 0.3 is 0 Å². The van der Waals surface area contributed by atoms with Crippen molar-refractivity contribution in [1.29, 1.82) is 0 Å². The summed E-state index contributed by atoms with van der Waals surface area (Å²) in [7, 11) is 0. The van der Waals surface area contributed by atoms with Gasteiger partial charge in [0.25, 0.3) is 0 Å². The van der Waals surface area contributed by atoms with Crippen LogP contribution in [0.4, 0.5) is 0 Å². The van der Waals surface area contributed by atoms with E-state index >= 15 is 0 Å². The van der Waals surface area contributed by atoms with Crippen molar-refractivity contribution < 1.29 is 4.79 Å². The quantitative estimate of drug-likeness (QED) is 0.169. The van der Waals surface area contributed by atoms with E-state index in [1.165, 1.54) is 44.5 Å². The molecule has 2 N–H and O–H groups in total. The van der Waals surface area contributed by atoms with Gasteiger partial charge in [-0.1, -0.05) is 161 Å². The average molecular weight is 909 g/mol. The van der Waals surface area contributed by atoms with Gasteiger partial charge in [-0.25, -0.2) is 9.97 Å². The minimum absolute atomic E-state index is 0.0960. The van der Waals surface area contributed by atoms with Crippen LogP contribution in [0.1, 0.15) is 155 Å². The molecule has 69 heavy (non-hydrogen) atoms. The van der Waals surface area contributed by atoms with Gasteiger partial charge in [-0.15, -0.1) is 0 Å². The molecule has 0 aliphatic carbocycles. The molecule has 0 amide bonds. The van der Waals surface area contributed by atoms with Crippen LogP contribution in [0, 0.1) is 20.8 Å². The largest absolute Gasteiger partial charge is 0.354 e. The van der Waals surface area contributed by atoms with Crippen LogP contribution < -0.4 is 0 Å². The molecule has 2 aliphatic rings. The Morgan fingerprint density at radius 3 is 1.03 bits per heavy atom. The van der Waals surface area contributed by atoms with Gasteiger partial charge in [-0.05, 0) is 147 Å². The number of H-pyrrole nitrogens is 2. The fraction of sp³-hybridized carbons (Fsp3) is 0.297. The van der Waals surface area contributed by atoms with E-state index in [2.05, 4.69) is 211 Å². The van der Waals surface area contributed by atoms with E-state index in [1.54, 1.807) is 0 Å². The maximum absolute atomic E-state index is 12.0.